The van der Waals surface area contributed by atoms with Crippen LogP contribution in [0.3, 0.4) is 0 Å². The number of anilines is 1. The molecule has 2 amide bonds. The zero-order valence-electron chi connectivity index (χ0n) is 16.0. The molecular weight excluding hydrogens is 380 g/mol. The molecule has 0 atom stereocenters. The number of methoxy groups -OCH3 is 1. The van der Waals surface area contributed by atoms with Gasteiger partial charge in [0.2, 0.25) is 0 Å². The number of nitriles is 1. The highest BCUT2D eigenvalue weighted by Crippen LogP contribution is 2.35. The number of carbonyl (C=O) groups excluding carboxylic acids is 2. The van der Waals surface area contributed by atoms with Crippen molar-refractivity contribution in [3.63, 3.8) is 0 Å². The summed E-state index contributed by atoms with van der Waals surface area (Å²) in [6.45, 7) is 0. The molecule has 2 aromatic carbocycles. The maximum absolute atomic E-state index is 12.7. The van der Waals surface area contributed by atoms with Gasteiger partial charge in [-0.2, -0.15) is 5.26 Å². The monoisotopic (exact) mass is 396 g/mol. The zero-order valence-corrected chi connectivity index (χ0v) is 16.0. The second-order valence-corrected chi connectivity index (χ2v) is 6.51. The molecule has 1 aliphatic rings. The largest absolute Gasteiger partial charge is 0.496 e. The van der Waals surface area contributed by atoms with E-state index in [1.54, 1.807) is 48.8 Å². The van der Waals surface area contributed by atoms with Crippen LogP contribution in [0.1, 0.15) is 11.1 Å². The van der Waals surface area contributed by atoms with Crippen LogP contribution in [0.25, 0.3) is 16.7 Å². The van der Waals surface area contributed by atoms with E-state index in [-0.39, 0.29) is 11.3 Å². The molecule has 3 aromatic rings. The molecule has 7 nitrogen and oxygen atoms in total. The summed E-state index contributed by atoms with van der Waals surface area (Å²) in [6, 6.07) is 17.8. The van der Waals surface area contributed by atoms with Crippen LogP contribution in [0, 0.1) is 11.3 Å². The lowest BCUT2D eigenvalue weighted by Crippen LogP contribution is -2.24. The molecule has 2 N–H and O–H groups in total. The molecule has 0 spiro atoms. The Labute approximate surface area is 172 Å². The molecule has 4 rings (SSSR count). The summed E-state index contributed by atoms with van der Waals surface area (Å²) < 4.78 is 5.46. The van der Waals surface area contributed by atoms with E-state index >= 15 is 0 Å². The third kappa shape index (κ3) is 3.50. The second kappa shape index (κ2) is 7.89. The number of hydrogen-bond acceptors (Lipinski definition) is 6. The number of carbonyl (C=O) groups is 2. The molecule has 7 heteroatoms. The summed E-state index contributed by atoms with van der Waals surface area (Å²) >= 11 is 0. The van der Waals surface area contributed by atoms with Crippen molar-refractivity contribution >= 4 is 23.1 Å². The van der Waals surface area contributed by atoms with Gasteiger partial charge < -0.3 is 10.1 Å². The number of nitrogens with zero attached hydrogens (tertiary/aromatic N) is 2. The quantitative estimate of drug-likeness (QED) is 0.642. The van der Waals surface area contributed by atoms with Crippen molar-refractivity contribution in [1.82, 2.24) is 10.3 Å². The summed E-state index contributed by atoms with van der Waals surface area (Å²) in [5, 5.41) is 14.4. The molecule has 0 aliphatic carbocycles. The number of pyridine rings is 1. The lowest BCUT2D eigenvalue weighted by Gasteiger charge is -2.13. The van der Waals surface area contributed by atoms with Gasteiger partial charge in [-0.25, -0.2) is 0 Å². The molecule has 0 fully saturated rings. The number of aromatic nitrogens is 1. The average molecular weight is 396 g/mol. The predicted molar refractivity (Wildman–Crippen MR) is 111 cm³/mol. The predicted octanol–water partition coefficient (Wildman–Crippen LogP) is 3.11. The summed E-state index contributed by atoms with van der Waals surface area (Å²) in [7, 11) is 1.50. The van der Waals surface area contributed by atoms with Crippen LogP contribution in [-0.4, -0.2) is 23.9 Å². The average Bonchev–Trinajstić information content (AvgIpc) is 3.06. The third-order valence-corrected chi connectivity index (χ3v) is 4.66. The van der Waals surface area contributed by atoms with E-state index in [1.165, 1.54) is 7.11 Å². The highest BCUT2D eigenvalue weighted by molar-refractivity contribution is 6.37. The Hall–Kier alpha value is -4.44. The number of hydrogen-bond donors (Lipinski definition) is 2. The van der Waals surface area contributed by atoms with Crippen LogP contribution in [0.4, 0.5) is 5.69 Å². The Morgan fingerprint density at radius 2 is 1.90 bits per heavy atom. The zero-order chi connectivity index (χ0) is 21.1. The Kier molecular flexibility index (Phi) is 4.97. The van der Waals surface area contributed by atoms with Gasteiger partial charge in [0.05, 0.1) is 24.3 Å². The Balaban J connectivity index is 1.85. The first-order chi connectivity index (χ1) is 14.6. The molecule has 1 aromatic heterocycles. The van der Waals surface area contributed by atoms with Gasteiger partial charge in [-0.05, 0) is 42.0 Å². The van der Waals surface area contributed by atoms with Gasteiger partial charge >= 0.3 is 0 Å². The van der Waals surface area contributed by atoms with Gasteiger partial charge in [0.1, 0.15) is 11.4 Å². The van der Waals surface area contributed by atoms with Crippen molar-refractivity contribution in [1.29, 1.82) is 5.26 Å². The van der Waals surface area contributed by atoms with Gasteiger partial charge in [0.15, 0.2) is 0 Å². The molecular formula is C23H16N4O3. The Morgan fingerprint density at radius 1 is 1.03 bits per heavy atom. The second-order valence-electron chi connectivity index (χ2n) is 6.51. The molecule has 30 heavy (non-hydrogen) atoms. The van der Waals surface area contributed by atoms with E-state index in [2.05, 4.69) is 15.6 Å². The highest BCUT2D eigenvalue weighted by atomic mass is 16.5. The lowest BCUT2D eigenvalue weighted by molar-refractivity contribution is -0.123. The fourth-order valence-electron chi connectivity index (χ4n) is 3.26. The maximum Gasteiger partial charge on any atom is 0.275 e. The molecule has 146 valence electrons. The van der Waals surface area contributed by atoms with Crippen LogP contribution < -0.4 is 15.4 Å². The van der Waals surface area contributed by atoms with Crippen LogP contribution in [0.15, 0.2) is 72.7 Å². The molecule has 2 heterocycles. The first kappa shape index (κ1) is 18.9. The number of ether oxygens (including phenoxy) is 1. The van der Waals surface area contributed by atoms with Crippen molar-refractivity contribution < 1.29 is 14.3 Å². The molecule has 0 bridgehead atoms. The number of benzene rings is 2. The minimum absolute atomic E-state index is 0.0942. The van der Waals surface area contributed by atoms with E-state index in [4.69, 9.17) is 10.00 Å². The Bertz CT molecular complexity index is 1230. The van der Waals surface area contributed by atoms with Gasteiger partial charge in [0, 0.05) is 29.2 Å². The lowest BCUT2D eigenvalue weighted by atomic mass is 9.98. The molecule has 0 saturated heterocycles. The van der Waals surface area contributed by atoms with Gasteiger partial charge in [-0.1, -0.05) is 18.2 Å². The summed E-state index contributed by atoms with van der Waals surface area (Å²) in [5.74, 6) is -0.626. The van der Waals surface area contributed by atoms with Crippen LogP contribution in [0.2, 0.25) is 0 Å². The van der Waals surface area contributed by atoms with Crippen molar-refractivity contribution in [3.05, 3.63) is 83.8 Å². The number of nitrogens with one attached hydrogen (secondary N) is 2. The SMILES string of the molecule is COc1ccc(-c2cccnc2)cc1C1=C(Nc2cccc(C#N)c2)C(=O)NC1=O. The molecule has 0 saturated carbocycles. The van der Waals surface area contributed by atoms with Gasteiger partial charge in [0.25, 0.3) is 11.8 Å². The van der Waals surface area contributed by atoms with Crippen molar-refractivity contribution in [2.45, 2.75) is 0 Å². The van der Waals surface area contributed by atoms with Crippen molar-refractivity contribution in [2.24, 2.45) is 0 Å². The number of rotatable bonds is 5. The highest BCUT2D eigenvalue weighted by Gasteiger charge is 2.33. The third-order valence-electron chi connectivity index (χ3n) is 4.66. The summed E-state index contributed by atoms with van der Waals surface area (Å²) in [4.78, 5) is 29.3. The number of imide groups is 1. The molecule has 0 unspecified atom stereocenters. The summed E-state index contributed by atoms with van der Waals surface area (Å²) in [5.41, 5.74) is 3.38. The van der Waals surface area contributed by atoms with Gasteiger partial charge in [-0.3, -0.25) is 19.9 Å². The first-order valence-electron chi connectivity index (χ1n) is 9.06. The van der Waals surface area contributed by atoms with Crippen LogP contribution in [0.5, 0.6) is 5.75 Å². The van der Waals surface area contributed by atoms with E-state index in [0.717, 1.165) is 11.1 Å². The minimum atomic E-state index is -0.550. The molecule has 1 aliphatic heterocycles. The van der Waals surface area contributed by atoms with E-state index < -0.39 is 11.8 Å². The van der Waals surface area contributed by atoms with Crippen LogP contribution in [-0.2, 0) is 9.59 Å². The standard InChI is InChI=1S/C23H16N4O3/c1-30-19-8-7-15(16-5-3-9-25-13-16)11-18(19)20-21(23(29)27-22(20)28)26-17-6-2-4-14(10-17)12-24/h2-11,13H,1H3,(H2,26,27,28,29). The van der Waals surface area contributed by atoms with E-state index in [1.807, 2.05) is 24.3 Å². The maximum atomic E-state index is 12.7. The fraction of sp³-hybridized carbons (Fsp3) is 0.0435. The van der Waals surface area contributed by atoms with E-state index in [0.29, 0.717) is 22.6 Å². The topological polar surface area (TPSA) is 104 Å². The molecule has 0 radical (unpaired) electrons. The van der Waals surface area contributed by atoms with Gasteiger partial charge in [-0.15, -0.1) is 0 Å². The fourth-order valence-corrected chi connectivity index (χ4v) is 3.26. The van der Waals surface area contributed by atoms with Crippen molar-refractivity contribution in [3.8, 4) is 22.9 Å². The summed E-state index contributed by atoms with van der Waals surface area (Å²) in [6.07, 6.45) is 3.39. The normalized spacial score (nSPS) is 13.1. The number of amides is 2. The van der Waals surface area contributed by atoms with E-state index in [9.17, 15) is 9.59 Å². The van der Waals surface area contributed by atoms with Crippen molar-refractivity contribution in [2.75, 3.05) is 12.4 Å². The smallest absolute Gasteiger partial charge is 0.275 e. The minimum Gasteiger partial charge on any atom is -0.496 e. The van der Waals surface area contributed by atoms with Crippen LogP contribution >= 0.6 is 0 Å². The Morgan fingerprint density at radius 3 is 2.63 bits per heavy atom. The first-order valence-corrected chi connectivity index (χ1v) is 9.06.